The summed E-state index contributed by atoms with van der Waals surface area (Å²) in [7, 11) is 0. The highest BCUT2D eigenvalue weighted by molar-refractivity contribution is 5.66. The predicted molar refractivity (Wildman–Crippen MR) is 75.4 cm³/mol. The number of unbranched alkanes of at least 4 members (excludes halogenated alkanes) is 2. The fourth-order valence-electron chi connectivity index (χ4n) is 2.29. The molecule has 0 aromatic rings. The van der Waals surface area contributed by atoms with Crippen LogP contribution in [0.5, 0.6) is 0 Å². The van der Waals surface area contributed by atoms with Gasteiger partial charge in [-0.25, -0.2) is 0 Å². The molecule has 0 spiro atoms. The Bertz CT molecular complexity index is 326. The molecule has 0 amide bonds. The fraction of sp³-hybridized carbons (Fsp3) is 0.562. The van der Waals surface area contributed by atoms with Gasteiger partial charge >= 0.3 is 5.97 Å². The van der Waals surface area contributed by atoms with Crippen LogP contribution in [0, 0.1) is 11.8 Å². The van der Waals surface area contributed by atoms with Crippen LogP contribution < -0.4 is 0 Å². The highest BCUT2D eigenvalue weighted by Crippen LogP contribution is 2.26. The Morgan fingerprint density at radius 1 is 1.22 bits per heavy atom. The zero-order valence-corrected chi connectivity index (χ0v) is 11.2. The second kappa shape index (κ2) is 8.73. The molecule has 0 bridgehead atoms. The Morgan fingerprint density at radius 3 is 2.72 bits per heavy atom. The molecule has 1 N–H and O–H groups in total. The average molecular weight is 248 g/mol. The lowest BCUT2D eigenvalue weighted by atomic mass is 9.84. The minimum atomic E-state index is -0.681. The molecule has 1 aliphatic rings. The molecule has 0 aromatic heterocycles. The molecule has 2 heteroatoms. The number of carbonyl (C=O) groups is 1. The van der Waals surface area contributed by atoms with E-state index in [0.29, 0.717) is 18.3 Å². The lowest BCUT2D eigenvalue weighted by molar-refractivity contribution is -0.137. The summed E-state index contributed by atoms with van der Waals surface area (Å²) in [5.41, 5.74) is 0. The van der Waals surface area contributed by atoms with Gasteiger partial charge in [-0.15, -0.1) is 0 Å². The Kier molecular flexibility index (Phi) is 7.16. The molecule has 2 nitrogen and oxygen atoms in total. The standard InChI is InChI=1S/C16H24O2/c1-2-3-9-14-11-7-8-12-15(14)10-5-4-6-13-16(17)18/h3,7-9,11-12,14-15H,2,4-6,10,13H2,1H3,(H,17,18)/b9-3-. The summed E-state index contributed by atoms with van der Waals surface area (Å²) in [5, 5.41) is 8.57. The summed E-state index contributed by atoms with van der Waals surface area (Å²) < 4.78 is 0. The SMILES string of the molecule is CC/C=C\C1C=CC=CC1CCCCCC(=O)O. The quantitative estimate of drug-likeness (QED) is 0.512. The number of rotatable bonds is 8. The van der Waals surface area contributed by atoms with Gasteiger partial charge in [0.25, 0.3) is 0 Å². The van der Waals surface area contributed by atoms with Crippen LogP contribution in [-0.4, -0.2) is 11.1 Å². The molecular formula is C16H24O2. The van der Waals surface area contributed by atoms with Gasteiger partial charge in [0, 0.05) is 12.3 Å². The summed E-state index contributed by atoms with van der Waals surface area (Å²) in [5.74, 6) is 0.427. The zero-order chi connectivity index (χ0) is 13.2. The van der Waals surface area contributed by atoms with Crippen molar-refractivity contribution in [1.82, 2.24) is 0 Å². The number of hydrogen-bond donors (Lipinski definition) is 1. The Hall–Kier alpha value is -1.31. The van der Waals surface area contributed by atoms with Crippen molar-refractivity contribution in [3.8, 4) is 0 Å². The molecule has 1 aliphatic carbocycles. The van der Waals surface area contributed by atoms with Gasteiger partial charge in [0.05, 0.1) is 0 Å². The van der Waals surface area contributed by atoms with E-state index in [2.05, 4.69) is 43.4 Å². The Balaban J connectivity index is 2.26. The van der Waals surface area contributed by atoms with Crippen molar-refractivity contribution in [2.24, 2.45) is 11.8 Å². The monoisotopic (exact) mass is 248 g/mol. The molecule has 100 valence electrons. The summed E-state index contributed by atoms with van der Waals surface area (Å²) in [4.78, 5) is 10.4. The second-order valence-electron chi connectivity index (χ2n) is 4.84. The molecule has 18 heavy (non-hydrogen) atoms. The van der Waals surface area contributed by atoms with Gasteiger partial charge in [0.1, 0.15) is 0 Å². The van der Waals surface area contributed by atoms with Crippen LogP contribution in [0.4, 0.5) is 0 Å². The van der Waals surface area contributed by atoms with Gasteiger partial charge in [-0.1, -0.05) is 56.2 Å². The maximum Gasteiger partial charge on any atom is 0.303 e. The van der Waals surface area contributed by atoms with Crippen LogP contribution in [0.25, 0.3) is 0 Å². The van der Waals surface area contributed by atoms with E-state index in [-0.39, 0.29) is 0 Å². The Labute approximate surface area is 110 Å². The normalized spacial score (nSPS) is 22.7. The van der Waals surface area contributed by atoms with Gasteiger partial charge in [0.2, 0.25) is 0 Å². The van der Waals surface area contributed by atoms with Crippen molar-refractivity contribution in [2.45, 2.75) is 45.4 Å². The minimum Gasteiger partial charge on any atom is -0.481 e. The van der Waals surface area contributed by atoms with Crippen LogP contribution in [0.3, 0.4) is 0 Å². The van der Waals surface area contributed by atoms with E-state index in [4.69, 9.17) is 5.11 Å². The van der Waals surface area contributed by atoms with E-state index in [1.807, 2.05) is 0 Å². The van der Waals surface area contributed by atoms with Gasteiger partial charge < -0.3 is 5.11 Å². The van der Waals surface area contributed by atoms with Crippen molar-refractivity contribution in [3.63, 3.8) is 0 Å². The average Bonchev–Trinajstić information content (AvgIpc) is 2.36. The first kappa shape index (κ1) is 14.7. The van der Waals surface area contributed by atoms with Gasteiger partial charge in [-0.2, -0.15) is 0 Å². The van der Waals surface area contributed by atoms with Gasteiger partial charge in [0.15, 0.2) is 0 Å². The van der Waals surface area contributed by atoms with Crippen molar-refractivity contribution in [1.29, 1.82) is 0 Å². The van der Waals surface area contributed by atoms with Crippen molar-refractivity contribution >= 4 is 5.97 Å². The number of carboxylic acid groups (broad SMARTS) is 1. The maximum atomic E-state index is 10.4. The van der Waals surface area contributed by atoms with Crippen LogP contribution in [0.2, 0.25) is 0 Å². The van der Waals surface area contributed by atoms with Crippen molar-refractivity contribution in [3.05, 3.63) is 36.5 Å². The van der Waals surface area contributed by atoms with Crippen LogP contribution in [-0.2, 0) is 4.79 Å². The molecular weight excluding hydrogens is 224 g/mol. The lowest BCUT2D eigenvalue weighted by Gasteiger charge is -2.21. The molecule has 0 saturated carbocycles. The molecule has 0 saturated heterocycles. The van der Waals surface area contributed by atoms with E-state index in [1.165, 1.54) is 0 Å². The maximum absolute atomic E-state index is 10.4. The van der Waals surface area contributed by atoms with Crippen molar-refractivity contribution in [2.75, 3.05) is 0 Å². The highest BCUT2D eigenvalue weighted by Gasteiger charge is 2.15. The molecule has 2 unspecified atom stereocenters. The summed E-state index contributed by atoms with van der Waals surface area (Å²) in [6, 6.07) is 0. The van der Waals surface area contributed by atoms with Crippen LogP contribution in [0.1, 0.15) is 45.4 Å². The van der Waals surface area contributed by atoms with E-state index in [9.17, 15) is 4.79 Å². The van der Waals surface area contributed by atoms with E-state index in [0.717, 1.165) is 32.1 Å². The van der Waals surface area contributed by atoms with E-state index >= 15 is 0 Å². The number of aliphatic carboxylic acids is 1. The first-order chi connectivity index (χ1) is 8.74. The number of carboxylic acids is 1. The fourth-order valence-corrected chi connectivity index (χ4v) is 2.29. The molecule has 0 radical (unpaired) electrons. The third-order valence-electron chi connectivity index (χ3n) is 3.32. The largest absolute Gasteiger partial charge is 0.481 e. The lowest BCUT2D eigenvalue weighted by Crippen LogP contribution is -2.10. The minimum absolute atomic E-state index is 0.305. The molecule has 1 rings (SSSR count). The summed E-state index contributed by atoms with van der Waals surface area (Å²) >= 11 is 0. The van der Waals surface area contributed by atoms with E-state index < -0.39 is 5.97 Å². The smallest absolute Gasteiger partial charge is 0.303 e. The third-order valence-corrected chi connectivity index (χ3v) is 3.32. The van der Waals surface area contributed by atoms with Crippen molar-refractivity contribution < 1.29 is 9.90 Å². The summed E-state index contributed by atoms with van der Waals surface area (Å²) in [6.45, 7) is 2.15. The van der Waals surface area contributed by atoms with Crippen LogP contribution in [0.15, 0.2) is 36.5 Å². The van der Waals surface area contributed by atoms with Gasteiger partial charge in [-0.05, 0) is 25.2 Å². The first-order valence-corrected chi connectivity index (χ1v) is 6.97. The van der Waals surface area contributed by atoms with Crippen LogP contribution >= 0.6 is 0 Å². The topological polar surface area (TPSA) is 37.3 Å². The van der Waals surface area contributed by atoms with E-state index in [1.54, 1.807) is 0 Å². The molecule has 0 aliphatic heterocycles. The zero-order valence-electron chi connectivity index (χ0n) is 11.2. The molecule has 0 heterocycles. The molecule has 0 aromatic carbocycles. The third kappa shape index (κ3) is 5.85. The molecule has 2 atom stereocenters. The summed E-state index contributed by atoms with van der Waals surface area (Å²) in [6.07, 6.45) is 18.8. The predicted octanol–water partition coefficient (Wildman–Crippen LogP) is 4.35. The highest BCUT2D eigenvalue weighted by atomic mass is 16.4. The Morgan fingerprint density at radius 2 is 2.00 bits per heavy atom. The number of hydrogen-bond acceptors (Lipinski definition) is 1. The molecule has 0 fully saturated rings. The first-order valence-electron chi connectivity index (χ1n) is 6.97. The number of allylic oxidation sites excluding steroid dienone is 6. The second-order valence-corrected chi connectivity index (χ2v) is 4.84. The van der Waals surface area contributed by atoms with Gasteiger partial charge in [-0.3, -0.25) is 4.79 Å².